The molecule has 4 heterocycles. The van der Waals surface area contributed by atoms with E-state index in [-0.39, 0.29) is 22.2 Å². The molecule has 4 aromatic heterocycles. The molecule has 0 radical (unpaired) electrons. The van der Waals surface area contributed by atoms with Crippen LogP contribution >= 0.6 is 23.2 Å². The van der Waals surface area contributed by atoms with Crippen molar-refractivity contribution < 1.29 is 0 Å². The van der Waals surface area contributed by atoms with Gasteiger partial charge >= 0.3 is 0 Å². The van der Waals surface area contributed by atoms with Gasteiger partial charge in [0.2, 0.25) is 11.9 Å². The zero-order valence-electron chi connectivity index (χ0n) is 18.3. The van der Waals surface area contributed by atoms with Crippen molar-refractivity contribution in [3.05, 3.63) is 23.0 Å². The van der Waals surface area contributed by atoms with Crippen LogP contribution in [0.5, 0.6) is 0 Å². The molecule has 174 valence electrons. The summed E-state index contributed by atoms with van der Waals surface area (Å²) in [7, 11) is 0. The molecule has 0 aromatic carbocycles. The molecule has 12 heteroatoms. The molecule has 0 saturated carbocycles. The Morgan fingerprint density at radius 3 is 1.56 bits per heavy atom. The second kappa shape index (κ2) is 11.0. The standard InChI is InChI=1S/C22H22Cl2N10/c23-17-15-19(31-21(25)29-17)33(13-27-15)11-9-7-5-3-1-2-4-6-8-10-12-34-14-28-16-18(24)30-22(26)32-20(16)34/h13-14H,5-12H2,(H2,25,29,31)(H2,26,30,32). The van der Waals surface area contributed by atoms with Crippen molar-refractivity contribution in [1.29, 1.82) is 0 Å². The predicted octanol–water partition coefficient (Wildman–Crippen LogP) is 3.48. The highest BCUT2D eigenvalue weighted by Crippen LogP contribution is 2.21. The Kier molecular flexibility index (Phi) is 7.63. The summed E-state index contributed by atoms with van der Waals surface area (Å²) in [4.78, 5) is 24.8. The first-order valence-corrected chi connectivity index (χ1v) is 11.5. The number of nitrogens with two attached hydrogens (primary N) is 2. The van der Waals surface area contributed by atoms with Crippen LogP contribution < -0.4 is 11.5 Å². The van der Waals surface area contributed by atoms with Crippen LogP contribution in [-0.4, -0.2) is 39.0 Å². The van der Waals surface area contributed by atoms with Gasteiger partial charge in [0.15, 0.2) is 21.6 Å². The molecule has 0 saturated heterocycles. The average molecular weight is 497 g/mol. The topological polar surface area (TPSA) is 139 Å². The van der Waals surface area contributed by atoms with Crippen LogP contribution in [0.25, 0.3) is 22.3 Å². The van der Waals surface area contributed by atoms with Crippen LogP contribution in [0.3, 0.4) is 0 Å². The van der Waals surface area contributed by atoms with E-state index in [1.807, 2.05) is 9.13 Å². The van der Waals surface area contributed by atoms with Gasteiger partial charge in [-0.25, -0.2) is 9.97 Å². The van der Waals surface area contributed by atoms with Crippen molar-refractivity contribution in [3.63, 3.8) is 0 Å². The van der Waals surface area contributed by atoms with E-state index in [2.05, 4.69) is 53.6 Å². The van der Waals surface area contributed by atoms with E-state index < -0.39 is 0 Å². The Hall–Kier alpha value is -3.60. The lowest BCUT2D eigenvalue weighted by atomic mass is 10.2. The Bertz CT molecular complexity index is 1320. The molecule has 0 spiro atoms. The van der Waals surface area contributed by atoms with Gasteiger partial charge in [-0.1, -0.05) is 35.0 Å². The Labute approximate surface area is 206 Å². The number of rotatable bonds is 8. The minimum atomic E-state index is 0.142. The van der Waals surface area contributed by atoms with Crippen LogP contribution in [-0.2, 0) is 13.1 Å². The van der Waals surface area contributed by atoms with E-state index >= 15 is 0 Å². The molecule has 4 aromatic rings. The molecule has 4 N–H and O–H groups in total. The van der Waals surface area contributed by atoms with E-state index in [1.54, 1.807) is 12.7 Å². The summed E-state index contributed by atoms with van der Waals surface area (Å²) in [6, 6.07) is 0. The molecule has 0 aliphatic carbocycles. The number of hydrogen-bond acceptors (Lipinski definition) is 8. The molecule has 0 unspecified atom stereocenters. The summed E-state index contributed by atoms with van der Waals surface area (Å²) in [5, 5.41) is 0.538. The third-order valence-electron chi connectivity index (χ3n) is 5.02. The van der Waals surface area contributed by atoms with E-state index in [0.29, 0.717) is 22.3 Å². The molecule has 0 amide bonds. The molecule has 34 heavy (non-hydrogen) atoms. The Balaban J connectivity index is 1.13. The number of anilines is 2. The number of aromatic nitrogens is 8. The van der Waals surface area contributed by atoms with Crippen molar-refractivity contribution in [3.8, 4) is 23.7 Å². The van der Waals surface area contributed by atoms with Crippen LogP contribution in [0, 0.1) is 23.7 Å². The van der Waals surface area contributed by atoms with Gasteiger partial charge < -0.3 is 20.6 Å². The summed E-state index contributed by atoms with van der Waals surface area (Å²) in [5.41, 5.74) is 13.8. The van der Waals surface area contributed by atoms with E-state index in [0.717, 1.165) is 51.6 Å². The second-order valence-electron chi connectivity index (χ2n) is 7.48. The van der Waals surface area contributed by atoms with Crippen LogP contribution in [0.4, 0.5) is 11.9 Å². The molecule has 0 aliphatic rings. The molecule has 4 rings (SSSR count). The fourth-order valence-electron chi connectivity index (χ4n) is 3.38. The SMILES string of the molecule is Nc1nc(Cl)c2ncn(CCCCC#CC#CCCCCn3cnc4c(Cl)nc(N)nc43)c2n1. The van der Waals surface area contributed by atoms with Gasteiger partial charge in [-0.2, -0.15) is 19.9 Å². The van der Waals surface area contributed by atoms with Gasteiger partial charge in [-0.15, -0.1) is 0 Å². The van der Waals surface area contributed by atoms with Gasteiger partial charge in [-0.05, 0) is 37.5 Å². The summed E-state index contributed by atoms with van der Waals surface area (Å²) in [5.74, 6) is 12.3. The molecular formula is C22H22Cl2N10. The second-order valence-corrected chi connectivity index (χ2v) is 8.20. The molecule has 10 nitrogen and oxygen atoms in total. The maximum Gasteiger partial charge on any atom is 0.223 e. The maximum absolute atomic E-state index is 6.05. The number of fused-ring (bicyclic) bond motifs is 2. The van der Waals surface area contributed by atoms with Gasteiger partial charge in [0.1, 0.15) is 11.0 Å². The average Bonchev–Trinajstić information content (AvgIpc) is 3.39. The highest BCUT2D eigenvalue weighted by Gasteiger charge is 2.11. The molecule has 0 fully saturated rings. The van der Waals surface area contributed by atoms with Gasteiger partial charge in [0, 0.05) is 25.9 Å². The number of nitrogen functional groups attached to an aromatic ring is 2. The Morgan fingerprint density at radius 2 is 1.12 bits per heavy atom. The first-order valence-electron chi connectivity index (χ1n) is 10.8. The minimum Gasteiger partial charge on any atom is -0.368 e. The van der Waals surface area contributed by atoms with E-state index in [1.165, 1.54) is 0 Å². The first-order chi connectivity index (χ1) is 16.5. The van der Waals surface area contributed by atoms with Crippen molar-refractivity contribution >= 4 is 57.4 Å². The summed E-state index contributed by atoms with van der Waals surface area (Å²) < 4.78 is 3.85. The van der Waals surface area contributed by atoms with Crippen LogP contribution in [0.15, 0.2) is 12.7 Å². The Morgan fingerprint density at radius 1 is 0.676 bits per heavy atom. The monoisotopic (exact) mass is 496 g/mol. The lowest BCUT2D eigenvalue weighted by Gasteiger charge is -2.03. The van der Waals surface area contributed by atoms with Crippen molar-refractivity contribution in [2.45, 2.75) is 51.6 Å². The van der Waals surface area contributed by atoms with Crippen molar-refractivity contribution in [2.24, 2.45) is 0 Å². The third kappa shape index (κ3) is 5.66. The summed E-state index contributed by atoms with van der Waals surface area (Å²) in [6.45, 7) is 1.52. The van der Waals surface area contributed by atoms with E-state index in [4.69, 9.17) is 34.7 Å². The highest BCUT2D eigenvalue weighted by molar-refractivity contribution is 6.34. The van der Waals surface area contributed by atoms with Crippen LogP contribution in [0.1, 0.15) is 38.5 Å². The normalized spacial score (nSPS) is 10.8. The third-order valence-corrected chi connectivity index (χ3v) is 5.55. The number of unbranched alkanes of at least 4 members (excludes halogenated alkanes) is 4. The van der Waals surface area contributed by atoms with Gasteiger partial charge in [-0.3, -0.25) is 0 Å². The zero-order chi connectivity index (χ0) is 23.9. The number of halogens is 2. The molecule has 0 bridgehead atoms. The lowest BCUT2D eigenvalue weighted by molar-refractivity contribution is 0.626. The molecular weight excluding hydrogens is 475 g/mol. The zero-order valence-corrected chi connectivity index (χ0v) is 19.8. The largest absolute Gasteiger partial charge is 0.368 e. The fourth-order valence-corrected chi connectivity index (χ4v) is 3.82. The van der Waals surface area contributed by atoms with Crippen molar-refractivity contribution in [1.82, 2.24) is 39.0 Å². The van der Waals surface area contributed by atoms with E-state index in [9.17, 15) is 0 Å². The minimum absolute atomic E-state index is 0.142. The van der Waals surface area contributed by atoms with Crippen LogP contribution in [0.2, 0.25) is 10.3 Å². The van der Waals surface area contributed by atoms with Crippen molar-refractivity contribution in [2.75, 3.05) is 11.5 Å². The lowest BCUT2D eigenvalue weighted by Crippen LogP contribution is -2.01. The molecule has 0 atom stereocenters. The smallest absolute Gasteiger partial charge is 0.223 e. The number of aryl methyl sites for hydroxylation is 2. The predicted molar refractivity (Wildman–Crippen MR) is 133 cm³/mol. The van der Waals surface area contributed by atoms with Gasteiger partial charge in [0.25, 0.3) is 0 Å². The van der Waals surface area contributed by atoms with Gasteiger partial charge in [0.05, 0.1) is 12.7 Å². The number of imidazole rings is 2. The fraction of sp³-hybridized carbons (Fsp3) is 0.364. The highest BCUT2D eigenvalue weighted by atomic mass is 35.5. The first kappa shape index (κ1) is 23.6. The quantitative estimate of drug-likeness (QED) is 0.214. The number of hydrogen-bond donors (Lipinski definition) is 2. The molecule has 0 aliphatic heterocycles. The maximum atomic E-state index is 6.05. The number of nitrogens with zero attached hydrogens (tertiary/aromatic N) is 8. The summed E-state index contributed by atoms with van der Waals surface area (Å²) >= 11 is 12.1. The summed E-state index contributed by atoms with van der Waals surface area (Å²) in [6.07, 6.45) is 8.71.